The minimum atomic E-state index is -1.38. The first-order chi connectivity index (χ1) is 8.92. The largest absolute Gasteiger partial charge is 0.480 e. The van der Waals surface area contributed by atoms with E-state index in [0.29, 0.717) is 5.56 Å². The van der Waals surface area contributed by atoms with E-state index in [0.717, 1.165) is 0 Å². The lowest BCUT2D eigenvalue weighted by Gasteiger charge is -2.20. The van der Waals surface area contributed by atoms with Crippen molar-refractivity contribution >= 4 is 11.9 Å². The molecule has 1 aliphatic rings. The zero-order chi connectivity index (χ0) is 14.0. The summed E-state index contributed by atoms with van der Waals surface area (Å²) in [7, 11) is 0. The van der Waals surface area contributed by atoms with Crippen LogP contribution < -0.4 is 5.73 Å². The van der Waals surface area contributed by atoms with E-state index in [1.54, 1.807) is 12.1 Å². The molecule has 3 N–H and O–H groups in total. The first-order valence-electron chi connectivity index (χ1n) is 5.96. The van der Waals surface area contributed by atoms with E-state index in [2.05, 4.69) is 0 Å². The van der Waals surface area contributed by atoms with Crippen molar-refractivity contribution < 1.29 is 19.1 Å². The number of benzene rings is 1. The van der Waals surface area contributed by atoms with Crippen LogP contribution in [0, 0.1) is 5.82 Å². The Labute approximate surface area is 109 Å². The van der Waals surface area contributed by atoms with Crippen LogP contribution in [0.25, 0.3) is 0 Å². The van der Waals surface area contributed by atoms with Crippen LogP contribution in [0.1, 0.15) is 12.0 Å². The zero-order valence-electron chi connectivity index (χ0n) is 10.3. The van der Waals surface area contributed by atoms with Gasteiger partial charge in [0, 0.05) is 13.1 Å². The lowest BCUT2D eigenvalue weighted by Crippen LogP contribution is -2.50. The van der Waals surface area contributed by atoms with E-state index in [4.69, 9.17) is 10.8 Å². The van der Waals surface area contributed by atoms with Crippen LogP contribution in [-0.2, 0) is 16.0 Å². The van der Waals surface area contributed by atoms with Gasteiger partial charge in [-0.1, -0.05) is 18.2 Å². The molecule has 1 aromatic carbocycles. The Bertz CT molecular complexity index is 520. The predicted molar refractivity (Wildman–Crippen MR) is 65.9 cm³/mol. The Morgan fingerprint density at radius 3 is 2.68 bits per heavy atom. The van der Waals surface area contributed by atoms with Gasteiger partial charge in [0.05, 0.1) is 6.42 Å². The number of carboxylic acids is 1. The van der Waals surface area contributed by atoms with Gasteiger partial charge in [0.15, 0.2) is 0 Å². The maximum atomic E-state index is 13.4. The van der Waals surface area contributed by atoms with Crippen LogP contribution in [0.5, 0.6) is 0 Å². The molecule has 6 heteroatoms. The zero-order valence-corrected chi connectivity index (χ0v) is 10.3. The molecule has 1 fully saturated rings. The molecule has 1 aromatic rings. The van der Waals surface area contributed by atoms with Crippen molar-refractivity contribution in [2.24, 2.45) is 5.73 Å². The van der Waals surface area contributed by atoms with E-state index >= 15 is 0 Å². The Morgan fingerprint density at radius 2 is 2.11 bits per heavy atom. The summed E-state index contributed by atoms with van der Waals surface area (Å²) in [6, 6.07) is 6.03. The first-order valence-corrected chi connectivity index (χ1v) is 5.96. The van der Waals surface area contributed by atoms with Crippen molar-refractivity contribution in [3.05, 3.63) is 35.6 Å². The summed E-state index contributed by atoms with van der Waals surface area (Å²) >= 11 is 0. The standard InChI is InChI=1S/C13H15FN2O3/c14-10-4-2-1-3-9(10)7-11(17)16-6-5-13(15,8-16)12(18)19/h1-4H,5-8,15H2,(H,18,19). The molecule has 1 heterocycles. The summed E-state index contributed by atoms with van der Waals surface area (Å²) in [6.45, 7) is 0.256. The Balaban J connectivity index is 2.03. The number of rotatable bonds is 3. The Morgan fingerprint density at radius 1 is 1.42 bits per heavy atom. The topological polar surface area (TPSA) is 83.6 Å². The third-order valence-electron chi connectivity index (χ3n) is 3.38. The second-order valence-electron chi connectivity index (χ2n) is 4.79. The van der Waals surface area contributed by atoms with Gasteiger partial charge in [-0.25, -0.2) is 4.39 Å². The molecule has 0 bridgehead atoms. The number of likely N-dealkylation sites (tertiary alicyclic amines) is 1. The van der Waals surface area contributed by atoms with Gasteiger partial charge < -0.3 is 15.7 Å². The number of hydrogen-bond donors (Lipinski definition) is 2. The van der Waals surface area contributed by atoms with Crippen molar-refractivity contribution in [3.8, 4) is 0 Å². The van der Waals surface area contributed by atoms with Crippen molar-refractivity contribution in [2.45, 2.75) is 18.4 Å². The number of aliphatic carboxylic acids is 1. The number of carbonyl (C=O) groups is 2. The highest BCUT2D eigenvalue weighted by atomic mass is 19.1. The summed E-state index contributed by atoms with van der Waals surface area (Å²) in [5.41, 5.74) is 4.60. The average Bonchev–Trinajstić information content (AvgIpc) is 2.76. The minimum Gasteiger partial charge on any atom is -0.480 e. The summed E-state index contributed by atoms with van der Waals surface area (Å²) in [6.07, 6.45) is 0.133. The minimum absolute atomic E-state index is 0.0321. The van der Waals surface area contributed by atoms with Gasteiger partial charge in [0.25, 0.3) is 0 Å². The molecule has 1 aliphatic heterocycles. The van der Waals surface area contributed by atoms with E-state index < -0.39 is 17.3 Å². The second kappa shape index (κ2) is 4.97. The Kier molecular flexibility index (Phi) is 3.53. The lowest BCUT2D eigenvalue weighted by molar-refractivity contribution is -0.143. The highest BCUT2D eigenvalue weighted by molar-refractivity contribution is 5.84. The molecule has 1 saturated heterocycles. The van der Waals surface area contributed by atoms with Crippen molar-refractivity contribution in [1.29, 1.82) is 0 Å². The number of hydrogen-bond acceptors (Lipinski definition) is 3. The second-order valence-corrected chi connectivity index (χ2v) is 4.79. The lowest BCUT2D eigenvalue weighted by atomic mass is 10.0. The normalized spacial score (nSPS) is 22.5. The van der Waals surface area contributed by atoms with Gasteiger partial charge in [0.1, 0.15) is 11.4 Å². The number of halogens is 1. The molecule has 102 valence electrons. The van der Waals surface area contributed by atoms with E-state index in [-0.39, 0.29) is 31.8 Å². The van der Waals surface area contributed by atoms with Crippen molar-refractivity contribution in [2.75, 3.05) is 13.1 Å². The van der Waals surface area contributed by atoms with Crippen LogP contribution in [-0.4, -0.2) is 40.5 Å². The molecule has 2 rings (SSSR count). The SMILES string of the molecule is NC1(C(=O)O)CCN(C(=O)Cc2ccccc2F)C1. The summed E-state index contributed by atoms with van der Waals surface area (Å²) in [5.74, 6) is -1.86. The molecule has 19 heavy (non-hydrogen) atoms. The quantitative estimate of drug-likeness (QED) is 0.828. The first kappa shape index (κ1) is 13.5. The maximum Gasteiger partial charge on any atom is 0.325 e. The molecule has 1 atom stereocenters. The van der Waals surface area contributed by atoms with Crippen molar-refractivity contribution in [3.63, 3.8) is 0 Å². The molecule has 0 aliphatic carbocycles. The van der Waals surface area contributed by atoms with Gasteiger partial charge in [-0.3, -0.25) is 9.59 Å². The molecule has 1 amide bonds. The van der Waals surface area contributed by atoms with Gasteiger partial charge in [-0.05, 0) is 18.1 Å². The van der Waals surface area contributed by atoms with Gasteiger partial charge in [0.2, 0.25) is 5.91 Å². The highest BCUT2D eigenvalue weighted by Gasteiger charge is 2.42. The summed E-state index contributed by atoms with van der Waals surface area (Å²) in [4.78, 5) is 24.3. The fourth-order valence-corrected chi connectivity index (χ4v) is 2.14. The van der Waals surface area contributed by atoms with Gasteiger partial charge in [-0.2, -0.15) is 0 Å². The van der Waals surface area contributed by atoms with Gasteiger partial charge >= 0.3 is 5.97 Å². The van der Waals surface area contributed by atoms with Gasteiger partial charge in [-0.15, -0.1) is 0 Å². The number of amides is 1. The molecule has 1 unspecified atom stereocenters. The average molecular weight is 266 g/mol. The Hall–Kier alpha value is -1.95. The molecule has 0 aromatic heterocycles. The molecule has 0 spiro atoms. The smallest absolute Gasteiger partial charge is 0.325 e. The molecular formula is C13H15FN2O3. The van der Waals surface area contributed by atoms with Crippen LogP contribution in [0.4, 0.5) is 4.39 Å². The van der Waals surface area contributed by atoms with Crippen LogP contribution in [0.2, 0.25) is 0 Å². The third-order valence-corrected chi connectivity index (χ3v) is 3.38. The summed E-state index contributed by atoms with van der Waals surface area (Å²) in [5, 5.41) is 8.98. The predicted octanol–water partition coefficient (Wildman–Crippen LogP) is 0.383. The monoisotopic (exact) mass is 266 g/mol. The molecule has 0 radical (unpaired) electrons. The number of nitrogens with zero attached hydrogens (tertiary/aromatic N) is 1. The fourth-order valence-electron chi connectivity index (χ4n) is 2.14. The molecular weight excluding hydrogens is 251 g/mol. The molecule has 5 nitrogen and oxygen atoms in total. The summed E-state index contributed by atoms with van der Waals surface area (Å²) < 4.78 is 13.4. The third kappa shape index (κ3) is 2.73. The van der Waals surface area contributed by atoms with E-state index in [1.807, 2.05) is 0 Å². The molecule has 0 saturated carbocycles. The maximum absolute atomic E-state index is 13.4. The van der Waals surface area contributed by atoms with Crippen LogP contribution in [0.3, 0.4) is 0 Å². The highest BCUT2D eigenvalue weighted by Crippen LogP contribution is 2.20. The van der Waals surface area contributed by atoms with E-state index in [9.17, 15) is 14.0 Å². The fraction of sp³-hybridized carbons (Fsp3) is 0.385. The number of carboxylic acid groups (broad SMARTS) is 1. The van der Waals surface area contributed by atoms with Crippen molar-refractivity contribution in [1.82, 2.24) is 4.90 Å². The van der Waals surface area contributed by atoms with Crippen LogP contribution >= 0.6 is 0 Å². The van der Waals surface area contributed by atoms with Crippen LogP contribution in [0.15, 0.2) is 24.3 Å². The van der Waals surface area contributed by atoms with E-state index in [1.165, 1.54) is 17.0 Å². The number of carbonyl (C=O) groups excluding carboxylic acids is 1. The number of nitrogens with two attached hydrogens (primary N) is 1.